The molecular formula is C27H26N4O4. The number of carbonyl (C=O) groups is 2. The molecule has 0 aliphatic carbocycles. The van der Waals surface area contributed by atoms with Gasteiger partial charge in [-0.15, -0.1) is 0 Å². The number of nitrogens with one attached hydrogen (secondary N) is 1. The molecule has 0 spiro atoms. The molecule has 1 saturated heterocycles. The molecule has 1 unspecified atom stereocenters. The maximum Gasteiger partial charge on any atom is 0.229 e. The molecule has 2 aromatic heterocycles. The fraction of sp³-hybridized carbons (Fsp3) is 0.222. The summed E-state index contributed by atoms with van der Waals surface area (Å²) >= 11 is 0. The van der Waals surface area contributed by atoms with E-state index in [1.54, 1.807) is 25.2 Å². The number of hydrogen-bond donors (Lipinski definition) is 1. The number of ether oxygens (including phenoxy) is 2. The number of carbonyl (C=O) groups excluding carboxylic acids is 2. The van der Waals surface area contributed by atoms with E-state index >= 15 is 0 Å². The van der Waals surface area contributed by atoms with Crippen LogP contribution in [0.5, 0.6) is 11.5 Å². The first-order valence-electron chi connectivity index (χ1n) is 11.3. The summed E-state index contributed by atoms with van der Waals surface area (Å²) in [7, 11) is 3.14. The maximum atomic E-state index is 13.2. The van der Waals surface area contributed by atoms with Crippen molar-refractivity contribution in [3.63, 3.8) is 0 Å². The van der Waals surface area contributed by atoms with Crippen LogP contribution in [0.1, 0.15) is 12.0 Å². The molecule has 1 atom stereocenters. The van der Waals surface area contributed by atoms with Crippen molar-refractivity contribution in [1.82, 2.24) is 9.38 Å². The molecule has 0 radical (unpaired) electrons. The second-order valence-electron chi connectivity index (χ2n) is 8.61. The van der Waals surface area contributed by atoms with Gasteiger partial charge in [-0.3, -0.25) is 9.59 Å². The molecule has 1 aliphatic rings. The molecular weight excluding hydrogens is 444 g/mol. The Balaban J connectivity index is 1.37. The van der Waals surface area contributed by atoms with E-state index < -0.39 is 5.92 Å². The Morgan fingerprint density at radius 3 is 2.74 bits per heavy atom. The third-order valence-corrected chi connectivity index (χ3v) is 6.23. The number of benzene rings is 2. The van der Waals surface area contributed by atoms with Crippen molar-refractivity contribution in [2.24, 2.45) is 5.92 Å². The van der Waals surface area contributed by atoms with E-state index in [4.69, 9.17) is 14.5 Å². The van der Waals surface area contributed by atoms with Crippen LogP contribution in [0.25, 0.3) is 16.9 Å². The summed E-state index contributed by atoms with van der Waals surface area (Å²) in [5, 5.41) is 2.97. The van der Waals surface area contributed by atoms with Crippen LogP contribution in [0.15, 0.2) is 67.0 Å². The second kappa shape index (κ2) is 9.13. The summed E-state index contributed by atoms with van der Waals surface area (Å²) in [5.74, 6) is 0.381. The van der Waals surface area contributed by atoms with Gasteiger partial charge in [-0.2, -0.15) is 0 Å². The number of imidazole rings is 1. The molecule has 2 aromatic carbocycles. The molecule has 3 heterocycles. The van der Waals surface area contributed by atoms with Crippen LogP contribution in [-0.4, -0.2) is 42.0 Å². The highest BCUT2D eigenvalue weighted by atomic mass is 16.5. The van der Waals surface area contributed by atoms with Crippen molar-refractivity contribution < 1.29 is 19.1 Å². The van der Waals surface area contributed by atoms with Crippen molar-refractivity contribution in [3.05, 3.63) is 72.6 Å². The largest absolute Gasteiger partial charge is 0.497 e. The van der Waals surface area contributed by atoms with Gasteiger partial charge in [0.1, 0.15) is 17.1 Å². The first-order chi connectivity index (χ1) is 16.9. The normalized spacial score (nSPS) is 15.5. The molecule has 35 heavy (non-hydrogen) atoms. The van der Waals surface area contributed by atoms with Gasteiger partial charge in [0.2, 0.25) is 11.8 Å². The Hall–Kier alpha value is -4.33. The van der Waals surface area contributed by atoms with E-state index in [2.05, 4.69) is 5.32 Å². The number of hydrogen-bond acceptors (Lipinski definition) is 5. The van der Waals surface area contributed by atoms with Gasteiger partial charge in [-0.25, -0.2) is 4.98 Å². The van der Waals surface area contributed by atoms with E-state index in [-0.39, 0.29) is 18.2 Å². The SMILES string of the molecule is COc1cccc(N2CC(C(=O)Nc3cc(-c4cn5ccc(C)cc5n4)ccc3OC)CC2=O)c1. The number of fused-ring (bicyclic) bond motifs is 1. The smallest absolute Gasteiger partial charge is 0.229 e. The fourth-order valence-corrected chi connectivity index (χ4v) is 4.33. The number of pyridine rings is 1. The van der Waals surface area contributed by atoms with Crippen LogP contribution in [0.4, 0.5) is 11.4 Å². The molecule has 8 nitrogen and oxygen atoms in total. The van der Waals surface area contributed by atoms with Crippen molar-refractivity contribution in [2.75, 3.05) is 31.0 Å². The Morgan fingerprint density at radius 2 is 1.94 bits per heavy atom. The van der Waals surface area contributed by atoms with Gasteiger partial charge in [-0.05, 0) is 55.0 Å². The average Bonchev–Trinajstić information content (AvgIpc) is 3.47. The number of rotatable bonds is 6. The lowest BCUT2D eigenvalue weighted by Gasteiger charge is -2.18. The third kappa shape index (κ3) is 4.42. The highest BCUT2D eigenvalue weighted by Crippen LogP contribution is 2.33. The zero-order valence-electron chi connectivity index (χ0n) is 19.8. The van der Waals surface area contributed by atoms with Crippen molar-refractivity contribution in [1.29, 1.82) is 0 Å². The Kier molecular flexibility index (Phi) is 5.86. The topological polar surface area (TPSA) is 85.2 Å². The maximum absolute atomic E-state index is 13.2. The number of aryl methyl sites for hydroxylation is 1. The number of amides is 2. The van der Waals surface area contributed by atoms with Gasteiger partial charge in [-0.1, -0.05) is 6.07 Å². The molecule has 4 aromatic rings. The summed E-state index contributed by atoms with van der Waals surface area (Å²) in [6.45, 7) is 2.32. The van der Waals surface area contributed by atoms with Gasteiger partial charge in [0.05, 0.1) is 31.5 Å². The predicted octanol–water partition coefficient (Wildman–Crippen LogP) is 4.32. The minimum atomic E-state index is -0.486. The van der Waals surface area contributed by atoms with E-state index in [1.807, 2.05) is 72.2 Å². The lowest BCUT2D eigenvalue weighted by atomic mass is 10.1. The van der Waals surface area contributed by atoms with Crippen LogP contribution in [0, 0.1) is 12.8 Å². The van der Waals surface area contributed by atoms with E-state index in [0.29, 0.717) is 29.4 Å². The van der Waals surface area contributed by atoms with Crippen LogP contribution in [0.3, 0.4) is 0 Å². The zero-order valence-corrected chi connectivity index (χ0v) is 19.8. The summed E-state index contributed by atoms with van der Waals surface area (Å²) < 4.78 is 12.7. The van der Waals surface area contributed by atoms with Crippen molar-refractivity contribution in [2.45, 2.75) is 13.3 Å². The Bertz CT molecular complexity index is 1430. The van der Waals surface area contributed by atoms with E-state index in [0.717, 1.165) is 22.5 Å². The van der Waals surface area contributed by atoms with Crippen LogP contribution in [-0.2, 0) is 9.59 Å². The molecule has 1 aliphatic heterocycles. The highest BCUT2D eigenvalue weighted by Gasteiger charge is 2.35. The van der Waals surface area contributed by atoms with Gasteiger partial charge in [0.15, 0.2) is 0 Å². The van der Waals surface area contributed by atoms with Crippen LogP contribution < -0.4 is 19.7 Å². The van der Waals surface area contributed by atoms with E-state index in [9.17, 15) is 9.59 Å². The number of aromatic nitrogens is 2. The number of anilines is 2. The molecule has 2 amide bonds. The number of methoxy groups -OCH3 is 2. The minimum Gasteiger partial charge on any atom is -0.497 e. The standard InChI is InChI=1S/C27H26N4O4/c1-17-9-10-30-16-23(28-25(30)11-17)18-7-8-24(35-3)22(12-18)29-27(33)19-13-26(32)31(15-19)20-5-4-6-21(14-20)34-2/h4-12,14,16,19H,13,15H2,1-3H3,(H,29,33). The quantitative estimate of drug-likeness (QED) is 0.454. The number of nitrogens with zero attached hydrogens (tertiary/aromatic N) is 3. The lowest BCUT2D eigenvalue weighted by molar-refractivity contribution is -0.122. The molecule has 178 valence electrons. The monoisotopic (exact) mass is 470 g/mol. The van der Waals surface area contributed by atoms with E-state index in [1.165, 1.54) is 0 Å². The predicted molar refractivity (Wildman–Crippen MR) is 134 cm³/mol. The molecule has 5 rings (SSSR count). The highest BCUT2D eigenvalue weighted by molar-refractivity contribution is 6.04. The van der Waals surface area contributed by atoms with Gasteiger partial charge in [0.25, 0.3) is 0 Å². The first-order valence-corrected chi connectivity index (χ1v) is 11.3. The summed E-state index contributed by atoms with van der Waals surface area (Å²) in [6.07, 6.45) is 4.05. The fourth-order valence-electron chi connectivity index (χ4n) is 4.33. The van der Waals surface area contributed by atoms with Crippen molar-refractivity contribution in [3.8, 4) is 22.8 Å². The zero-order chi connectivity index (χ0) is 24.5. The molecule has 0 saturated carbocycles. The minimum absolute atomic E-state index is 0.0980. The summed E-state index contributed by atoms with van der Waals surface area (Å²) in [5.41, 5.74) is 4.87. The lowest BCUT2D eigenvalue weighted by Crippen LogP contribution is -2.28. The second-order valence-corrected chi connectivity index (χ2v) is 8.61. The summed E-state index contributed by atoms with van der Waals surface area (Å²) in [4.78, 5) is 32.2. The Morgan fingerprint density at radius 1 is 1.09 bits per heavy atom. The van der Waals surface area contributed by atoms with Crippen LogP contribution in [0.2, 0.25) is 0 Å². The first kappa shape index (κ1) is 22.5. The van der Waals surface area contributed by atoms with Gasteiger partial charge >= 0.3 is 0 Å². The van der Waals surface area contributed by atoms with Crippen molar-refractivity contribution >= 4 is 28.8 Å². The molecule has 1 N–H and O–H groups in total. The molecule has 0 bridgehead atoms. The average molecular weight is 471 g/mol. The molecule has 8 heteroatoms. The molecule has 1 fully saturated rings. The van der Waals surface area contributed by atoms with Gasteiger partial charge in [0, 0.05) is 42.7 Å². The summed E-state index contributed by atoms with van der Waals surface area (Å²) in [6, 6.07) is 16.9. The van der Waals surface area contributed by atoms with Crippen LogP contribution >= 0.6 is 0 Å². The van der Waals surface area contributed by atoms with Gasteiger partial charge < -0.3 is 24.1 Å². The third-order valence-electron chi connectivity index (χ3n) is 6.23. The Labute approximate surface area is 203 Å².